The van der Waals surface area contributed by atoms with E-state index in [1.165, 1.54) is 7.11 Å². The van der Waals surface area contributed by atoms with E-state index in [0.29, 0.717) is 11.3 Å². The first-order valence-corrected chi connectivity index (χ1v) is 6.71. The van der Waals surface area contributed by atoms with Crippen molar-refractivity contribution in [2.75, 3.05) is 7.11 Å². The zero-order valence-corrected chi connectivity index (χ0v) is 12.6. The molecule has 0 aliphatic rings. The summed E-state index contributed by atoms with van der Waals surface area (Å²) in [6.45, 7) is 3.74. The van der Waals surface area contributed by atoms with E-state index in [4.69, 9.17) is 16.3 Å². The topological polar surface area (TPSA) is 29.5 Å². The number of halogens is 3. The van der Waals surface area contributed by atoms with Crippen LogP contribution in [0.4, 0.5) is 8.78 Å². The Hall–Kier alpha value is -1.65. The van der Waals surface area contributed by atoms with Crippen LogP contribution < -0.4 is 4.74 Å². The van der Waals surface area contributed by atoms with E-state index in [1.54, 1.807) is 12.1 Å². The molecule has 1 N–H and O–H groups in total. The molecular formula is C16H15ClF2O2. The van der Waals surface area contributed by atoms with Crippen LogP contribution in [0.15, 0.2) is 24.3 Å². The summed E-state index contributed by atoms with van der Waals surface area (Å²) in [7, 11) is 1.47. The summed E-state index contributed by atoms with van der Waals surface area (Å²) in [5.41, 5.74) is 2.01. The number of rotatable bonds is 3. The van der Waals surface area contributed by atoms with Crippen molar-refractivity contribution in [1.82, 2.24) is 0 Å². The fraction of sp³-hybridized carbons (Fsp3) is 0.250. The molecule has 0 amide bonds. The molecule has 0 aliphatic carbocycles. The normalized spacial score (nSPS) is 12.3. The highest BCUT2D eigenvalue weighted by molar-refractivity contribution is 6.30. The van der Waals surface area contributed by atoms with E-state index < -0.39 is 17.7 Å². The second-order valence-corrected chi connectivity index (χ2v) is 5.23. The van der Waals surface area contributed by atoms with Gasteiger partial charge < -0.3 is 9.84 Å². The zero-order chi connectivity index (χ0) is 15.7. The number of benzene rings is 2. The van der Waals surface area contributed by atoms with Gasteiger partial charge in [0, 0.05) is 11.1 Å². The first-order chi connectivity index (χ1) is 9.86. The lowest BCUT2D eigenvalue weighted by molar-refractivity contribution is 0.209. The Balaban J connectivity index is 2.57. The summed E-state index contributed by atoms with van der Waals surface area (Å²) >= 11 is 5.52. The number of aliphatic hydroxyl groups excluding tert-OH is 1. The van der Waals surface area contributed by atoms with Gasteiger partial charge >= 0.3 is 0 Å². The van der Waals surface area contributed by atoms with E-state index in [1.807, 2.05) is 13.8 Å². The molecule has 0 saturated heterocycles. The Morgan fingerprint density at radius 2 is 1.76 bits per heavy atom. The van der Waals surface area contributed by atoms with Gasteiger partial charge in [0.1, 0.15) is 23.5 Å². The molecule has 0 radical (unpaired) electrons. The standard InChI is InChI=1S/C16H15ClF2O2/c1-8-4-5-10(16(21-3)9(8)2)15(20)11-6-14(19)12(17)7-13(11)18/h4-7,15,20H,1-3H3. The van der Waals surface area contributed by atoms with Crippen molar-refractivity contribution in [2.24, 2.45) is 0 Å². The van der Waals surface area contributed by atoms with Crippen LogP contribution in [0.25, 0.3) is 0 Å². The Morgan fingerprint density at radius 3 is 2.38 bits per heavy atom. The molecule has 0 aliphatic heterocycles. The summed E-state index contributed by atoms with van der Waals surface area (Å²) in [5.74, 6) is -1.10. The van der Waals surface area contributed by atoms with Crippen LogP contribution in [-0.4, -0.2) is 12.2 Å². The van der Waals surface area contributed by atoms with Gasteiger partial charge in [-0.1, -0.05) is 23.7 Å². The van der Waals surface area contributed by atoms with Crippen molar-refractivity contribution in [3.05, 3.63) is 63.2 Å². The first kappa shape index (κ1) is 15.7. The van der Waals surface area contributed by atoms with Crippen molar-refractivity contribution < 1.29 is 18.6 Å². The summed E-state index contributed by atoms with van der Waals surface area (Å²) in [6, 6.07) is 5.18. The predicted molar refractivity (Wildman–Crippen MR) is 77.9 cm³/mol. The SMILES string of the molecule is COc1c(C(O)c2cc(F)c(Cl)cc2F)ccc(C)c1C. The minimum absolute atomic E-state index is 0.182. The second-order valence-electron chi connectivity index (χ2n) is 4.82. The van der Waals surface area contributed by atoms with E-state index in [9.17, 15) is 13.9 Å². The lowest BCUT2D eigenvalue weighted by Crippen LogP contribution is -2.07. The van der Waals surface area contributed by atoms with Gasteiger partial charge in [-0.3, -0.25) is 0 Å². The molecule has 2 aromatic rings. The largest absolute Gasteiger partial charge is 0.496 e. The van der Waals surface area contributed by atoms with Gasteiger partial charge in [-0.15, -0.1) is 0 Å². The third-order valence-electron chi connectivity index (χ3n) is 3.54. The van der Waals surface area contributed by atoms with Crippen molar-refractivity contribution in [3.8, 4) is 5.75 Å². The third-order valence-corrected chi connectivity index (χ3v) is 3.83. The molecule has 21 heavy (non-hydrogen) atoms. The first-order valence-electron chi connectivity index (χ1n) is 6.33. The summed E-state index contributed by atoms with van der Waals surface area (Å²) in [6.07, 6.45) is -1.34. The number of methoxy groups -OCH3 is 1. The Labute approximate surface area is 126 Å². The van der Waals surface area contributed by atoms with Crippen LogP contribution in [-0.2, 0) is 0 Å². The molecule has 1 unspecified atom stereocenters. The zero-order valence-electron chi connectivity index (χ0n) is 11.9. The molecule has 0 saturated carbocycles. The molecule has 0 aromatic heterocycles. The quantitative estimate of drug-likeness (QED) is 0.855. The average molecular weight is 313 g/mol. The van der Waals surface area contributed by atoms with Crippen molar-refractivity contribution in [3.63, 3.8) is 0 Å². The smallest absolute Gasteiger partial charge is 0.142 e. The number of hydrogen-bond donors (Lipinski definition) is 1. The van der Waals surface area contributed by atoms with Gasteiger partial charge in [-0.05, 0) is 37.1 Å². The Kier molecular flexibility index (Phi) is 4.49. The highest BCUT2D eigenvalue weighted by Gasteiger charge is 2.22. The summed E-state index contributed by atoms with van der Waals surface area (Å²) in [4.78, 5) is 0. The van der Waals surface area contributed by atoms with Crippen LogP contribution in [0.3, 0.4) is 0 Å². The minimum atomic E-state index is -1.34. The lowest BCUT2D eigenvalue weighted by Gasteiger charge is -2.19. The third kappa shape index (κ3) is 2.87. The summed E-state index contributed by atoms with van der Waals surface area (Å²) in [5, 5.41) is 10.1. The lowest BCUT2D eigenvalue weighted by atomic mass is 9.96. The van der Waals surface area contributed by atoms with Crippen LogP contribution in [0.1, 0.15) is 28.4 Å². The maximum absolute atomic E-state index is 13.9. The number of aliphatic hydroxyl groups is 1. The van der Waals surface area contributed by atoms with E-state index >= 15 is 0 Å². The predicted octanol–water partition coefficient (Wildman–Crippen LogP) is 4.33. The number of aryl methyl sites for hydroxylation is 1. The van der Waals surface area contributed by atoms with E-state index in [2.05, 4.69) is 0 Å². The fourth-order valence-electron chi connectivity index (χ4n) is 2.21. The van der Waals surface area contributed by atoms with Crippen molar-refractivity contribution in [2.45, 2.75) is 20.0 Å². The highest BCUT2D eigenvalue weighted by atomic mass is 35.5. The molecular weight excluding hydrogens is 298 g/mol. The number of hydrogen-bond acceptors (Lipinski definition) is 2. The van der Waals surface area contributed by atoms with E-state index in [-0.39, 0.29) is 10.6 Å². The van der Waals surface area contributed by atoms with Gasteiger partial charge in [-0.2, -0.15) is 0 Å². The van der Waals surface area contributed by atoms with Crippen LogP contribution in [0, 0.1) is 25.5 Å². The van der Waals surface area contributed by atoms with Crippen molar-refractivity contribution >= 4 is 11.6 Å². The molecule has 112 valence electrons. The number of ether oxygens (including phenoxy) is 1. The molecule has 5 heteroatoms. The van der Waals surface area contributed by atoms with Crippen LogP contribution in [0.5, 0.6) is 5.75 Å². The van der Waals surface area contributed by atoms with Gasteiger partial charge in [0.2, 0.25) is 0 Å². The van der Waals surface area contributed by atoms with Gasteiger partial charge in [0.05, 0.1) is 12.1 Å². The molecule has 0 heterocycles. The van der Waals surface area contributed by atoms with E-state index in [0.717, 1.165) is 23.3 Å². The molecule has 1 atom stereocenters. The molecule has 2 nitrogen and oxygen atoms in total. The molecule has 0 bridgehead atoms. The van der Waals surface area contributed by atoms with Gasteiger partial charge in [0.25, 0.3) is 0 Å². The second kappa shape index (κ2) is 6.00. The fourth-order valence-corrected chi connectivity index (χ4v) is 2.36. The molecule has 2 aromatic carbocycles. The summed E-state index contributed by atoms with van der Waals surface area (Å²) < 4.78 is 32.7. The average Bonchev–Trinajstić information content (AvgIpc) is 2.45. The van der Waals surface area contributed by atoms with Crippen LogP contribution in [0.2, 0.25) is 5.02 Å². The van der Waals surface area contributed by atoms with Gasteiger partial charge in [-0.25, -0.2) is 8.78 Å². The Bertz CT molecular complexity index is 686. The maximum atomic E-state index is 13.9. The molecule has 0 fully saturated rings. The minimum Gasteiger partial charge on any atom is -0.496 e. The monoisotopic (exact) mass is 312 g/mol. The molecule has 0 spiro atoms. The Morgan fingerprint density at radius 1 is 1.10 bits per heavy atom. The highest BCUT2D eigenvalue weighted by Crippen LogP contribution is 2.36. The van der Waals surface area contributed by atoms with Crippen molar-refractivity contribution in [1.29, 1.82) is 0 Å². The maximum Gasteiger partial charge on any atom is 0.142 e. The molecule has 2 rings (SSSR count). The van der Waals surface area contributed by atoms with Gasteiger partial charge in [0.15, 0.2) is 0 Å². The van der Waals surface area contributed by atoms with Crippen LogP contribution >= 0.6 is 11.6 Å².